The summed E-state index contributed by atoms with van der Waals surface area (Å²) in [6.07, 6.45) is 0. The largest absolute Gasteiger partial charge is 0.254 e. The van der Waals surface area contributed by atoms with Gasteiger partial charge in [0.15, 0.2) is 0 Å². The van der Waals surface area contributed by atoms with E-state index in [1.807, 2.05) is 0 Å². The second kappa shape index (κ2) is 0.984. The van der Waals surface area contributed by atoms with Gasteiger partial charge in [0.1, 0.15) is 0 Å². The van der Waals surface area contributed by atoms with Gasteiger partial charge in [0.25, 0.3) is 5.92 Å². The molecule has 0 saturated heterocycles. The van der Waals surface area contributed by atoms with Crippen LogP contribution in [0.15, 0.2) is 0 Å². The first-order chi connectivity index (χ1) is 3.07. The van der Waals surface area contributed by atoms with Crippen LogP contribution in [0.4, 0.5) is 8.78 Å². The van der Waals surface area contributed by atoms with Crippen molar-refractivity contribution in [2.24, 2.45) is 11.8 Å². The average Bonchev–Trinajstić information content (AvgIpc) is 1.91. The highest BCUT2D eigenvalue weighted by molar-refractivity contribution is 4.99. The minimum Gasteiger partial charge on any atom is -0.206 e. The summed E-state index contributed by atoms with van der Waals surface area (Å²) in [7, 11) is 0. The fourth-order valence-corrected chi connectivity index (χ4v) is 0.674. The van der Waals surface area contributed by atoms with Crippen molar-refractivity contribution in [3.8, 4) is 0 Å². The van der Waals surface area contributed by atoms with Crippen LogP contribution >= 0.6 is 0 Å². The van der Waals surface area contributed by atoms with Gasteiger partial charge in [0, 0.05) is 11.8 Å². The molecule has 0 nitrogen and oxygen atoms in total. The fourth-order valence-electron chi connectivity index (χ4n) is 0.674. The molecular weight excluding hydrogens is 98.1 g/mol. The van der Waals surface area contributed by atoms with E-state index in [1.54, 1.807) is 13.8 Å². The molecule has 0 radical (unpaired) electrons. The van der Waals surface area contributed by atoms with E-state index in [-0.39, 0.29) is 11.8 Å². The molecule has 0 N–H and O–H groups in total. The topological polar surface area (TPSA) is 0 Å². The normalized spacial score (nSPS) is 46.3. The van der Waals surface area contributed by atoms with Crippen molar-refractivity contribution in [2.75, 3.05) is 0 Å². The van der Waals surface area contributed by atoms with E-state index >= 15 is 0 Å². The van der Waals surface area contributed by atoms with Crippen molar-refractivity contribution in [3.63, 3.8) is 0 Å². The van der Waals surface area contributed by atoms with E-state index < -0.39 is 5.92 Å². The summed E-state index contributed by atoms with van der Waals surface area (Å²) < 4.78 is 23.8. The van der Waals surface area contributed by atoms with Gasteiger partial charge in [-0.05, 0) is 0 Å². The zero-order valence-corrected chi connectivity index (χ0v) is 4.41. The van der Waals surface area contributed by atoms with Gasteiger partial charge in [-0.3, -0.25) is 0 Å². The van der Waals surface area contributed by atoms with Crippen LogP contribution in [0, 0.1) is 11.8 Å². The monoisotopic (exact) mass is 106 g/mol. The highest BCUT2D eigenvalue weighted by Gasteiger charge is 2.62. The third-order valence-corrected chi connectivity index (χ3v) is 1.86. The molecule has 0 bridgehead atoms. The molecule has 1 aliphatic carbocycles. The smallest absolute Gasteiger partial charge is 0.206 e. The van der Waals surface area contributed by atoms with E-state index in [9.17, 15) is 8.78 Å². The molecule has 2 heteroatoms. The molecule has 42 valence electrons. The summed E-state index contributed by atoms with van der Waals surface area (Å²) in [5, 5.41) is 0. The van der Waals surface area contributed by atoms with Gasteiger partial charge in [-0.15, -0.1) is 0 Å². The third-order valence-electron chi connectivity index (χ3n) is 1.86. The van der Waals surface area contributed by atoms with E-state index in [4.69, 9.17) is 0 Å². The maximum atomic E-state index is 11.9. The van der Waals surface area contributed by atoms with Crippen LogP contribution < -0.4 is 0 Å². The summed E-state index contributed by atoms with van der Waals surface area (Å²) in [5.41, 5.74) is 0. The molecule has 0 aromatic carbocycles. The quantitative estimate of drug-likeness (QED) is 0.442. The molecule has 0 heterocycles. The Morgan fingerprint density at radius 3 is 1.29 bits per heavy atom. The van der Waals surface area contributed by atoms with Crippen LogP contribution in [0.25, 0.3) is 0 Å². The van der Waals surface area contributed by atoms with Gasteiger partial charge in [-0.1, -0.05) is 13.8 Å². The van der Waals surface area contributed by atoms with Crippen molar-refractivity contribution in [3.05, 3.63) is 0 Å². The van der Waals surface area contributed by atoms with Crippen LogP contribution in [0.5, 0.6) is 0 Å². The van der Waals surface area contributed by atoms with E-state index in [1.165, 1.54) is 0 Å². The Kier molecular flexibility index (Phi) is 0.704. The summed E-state index contributed by atoms with van der Waals surface area (Å²) in [5.74, 6) is -3.07. The molecule has 1 fully saturated rings. The van der Waals surface area contributed by atoms with Crippen molar-refractivity contribution in [1.29, 1.82) is 0 Å². The highest BCUT2D eigenvalue weighted by Crippen LogP contribution is 2.54. The first kappa shape index (κ1) is 5.01. The maximum absolute atomic E-state index is 11.9. The van der Waals surface area contributed by atoms with Crippen LogP contribution in [-0.2, 0) is 0 Å². The Morgan fingerprint density at radius 1 is 1.14 bits per heavy atom. The molecule has 1 rings (SSSR count). The van der Waals surface area contributed by atoms with Crippen molar-refractivity contribution < 1.29 is 8.78 Å². The summed E-state index contributed by atoms with van der Waals surface area (Å²) in [4.78, 5) is 0. The first-order valence-electron chi connectivity index (χ1n) is 2.44. The molecule has 1 aliphatic rings. The molecule has 2 atom stereocenters. The fraction of sp³-hybridized carbons (Fsp3) is 1.00. The molecule has 0 aromatic heterocycles. The molecule has 0 aromatic rings. The van der Waals surface area contributed by atoms with E-state index in [0.29, 0.717) is 0 Å². The van der Waals surface area contributed by atoms with Crippen molar-refractivity contribution >= 4 is 0 Å². The average molecular weight is 106 g/mol. The molecule has 0 unspecified atom stereocenters. The summed E-state index contributed by atoms with van der Waals surface area (Å²) >= 11 is 0. The number of alkyl halides is 2. The highest BCUT2D eigenvalue weighted by atomic mass is 19.3. The number of halogens is 2. The van der Waals surface area contributed by atoms with Crippen LogP contribution in [-0.4, -0.2) is 5.92 Å². The van der Waals surface area contributed by atoms with Gasteiger partial charge < -0.3 is 0 Å². The zero-order valence-electron chi connectivity index (χ0n) is 4.41. The van der Waals surface area contributed by atoms with Crippen molar-refractivity contribution in [1.82, 2.24) is 0 Å². The van der Waals surface area contributed by atoms with E-state index in [2.05, 4.69) is 0 Å². The standard InChI is InChI=1S/C5H8F2/c1-3-4(2)5(3,6)7/h3-4H,1-2H3/t3-,4+. The molecule has 0 amide bonds. The van der Waals surface area contributed by atoms with Gasteiger partial charge in [-0.2, -0.15) is 0 Å². The Morgan fingerprint density at radius 2 is 1.29 bits per heavy atom. The van der Waals surface area contributed by atoms with Gasteiger partial charge in [-0.25, -0.2) is 8.78 Å². The SMILES string of the molecule is C[C@@H]1[C@H](C)C1(F)F. The molecular formula is C5H8F2. The summed E-state index contributed by atoms with van der Waals surface area (Å²) in [6, 6.07) is 0. The van der Waals surface area contributed by atoms with Crippen molar-refractivity contribution in [2.45, 2.75) is 19.8 Å². The molecule has 0 spiro atoms. The molecule has 7 heavy (non-hydrogen) atoms. The van der Waals surface area contributed by atoms with Gasteiger partial charge in [0.2, 0.25) is 0 Å². The van der Waals surface area contributed by atoms with Crippen LogP contribution in [0.3, 0.4) is 0 Å². The lowest BCUT2D eigenvalue weighted by atomic mass is 10.4. The second-order valence-electron chi connectivity index (χ2n) is 2.25. The number of hydrogen-bond donors (Lipinski definition) is 0. The maximum Gasteiger partial charge on any atom is 0.254 e. The minimum atomic E-state index is -2.33. The first-order valence-corrected chi connectivity index (χ1v) is 2.44. The van der Waals surface area contributed by atoms with Gasteiger partial charge >= 0.3 is 0 Å². The zero-order chi connectivity index (χ0) is 5.65. The predicted molar refractivity (Wildman–Crippen MR) is 23.3 cm³/mol. The summed E-state index contributed by atoms with van der Waals surface area (Å²) in [6.45, 7) is 3.15. The Hall–Kier alpha value is -0.140. The molecule has 0 aliphatic heterocycles. The predicted octanol–water partition coefficient (Wildman–Crippen LogP) is 1.91. The molecule has 1 saturated carbocycles. The lowest BCUT2D eigenvalue weighted by molar-refractivity contribution is 0.0892. The van der Waals surface area contributed by atoms with Gasteiger partial charge in [0.05, 0.1) is 0 Å². The number of rotatable bonds is 0. The Labute approximate surface area is 41.5 Å². The Bertz CT molecular complexity index is 78.1. The number of hydrogen-bond acceptors (Lipinski definition) is 0. The minimum absolute atomic E-state index is 0.368. The lowest BCUT2D eigenvalue weighted by Gasteiger charge is -1.84. The Balaban J connectivity index is 2.52. The third kappa shape index (κ3) is 0.455. The van der Waals surface area contributed by atoms with Crippen LogP contribution in [0.2, 0.25) is 0 Å². The second-order valence-corrected chi connectivity index (χ2v) is 2.25. The van der Waals surface area contributed by atoms with Crippen LogP contribution in [0.1, 0.15) is 13.8 Å². The lowest BCUT2D eigenvalue weighted by Crippen LogP contribution is -1.90. The van der Waals surface area contributed by atoms with E-state index in [0.717, 1.165) is 0 Å².